The Hall–Kier alpha value is -1.05. The van der Waals surface area contributed by atoms with Crippen LogP contribution in [0.2, 0.25) is 0 Å². The summed E-state index contributed by atoms with van der Waals surface area (Å²) in [6.07, 6.45) is 8.53. The molecule has 0 atom stereocenters. The van der Waals surface area contributed by atoms with Crippen LogP contribution in [0.4, 0.5) is 0 Å². The van der Waals surface area contributed by atoms with Gasteiger partial charge in [-0.1, -0.05) is 25.0 Å². The smallest absolute Gasteiger partial charge is 0.211 e. The molecule has 2 nitrogen and oxygen atoms in total. The fraction of sp³-hybridized carbons (Fsp3) is 0.533. The molecular formula is C15H17NOS. The molecule has 3 rings (SSSR count). The number of isocyanates is 1. The van der Waals surface area contributed by atoms with E-state index in [9.17, 15) is 4.79 Å². The van der Waals surface area contributed by atoms with E-state index in [1.54, 1.807) is 6.08 Å². The Kier molecular flexibility index (Phi) is 3.27. The maximum absolute atomic E-state index is 10.7. The molecule has 0 radical (unpaired) electrons. The monoisotopic (exact) mass is 259 g/mol. The summed E-state index contributed by atoms with van der Waals surface area (Å²) in [6.45, 7) is 0. The SMILES string of the molecule is O=C=NC1(c2ccc3c(c2)CCCS3)CCCC1. The van der Waals surface area contributed by atoms with E-state index in [0.29, 0.717) is 0 Å². The predicted molar refractivity (Wildman–Crippen MR) is 73.8 cm³/mol. The normalized spacial score (nSPS) is 21.1. The second-order valence-electron chi connectivity index (χ2n) is 5.22. The van der Waals surface area contributed by atoms with Crippen molar-refractivity contribution in [3.05, 3.63) is 29.3 Å². The van der Waals surface area contributed by atoms with Crippen LogP contribution >= 0.6 is 11.8 Å². The van der Waals surface area contributed by atoms with Crippen molar-refractivity contribution in [1.82, 2.24) is 0 Å². The Morgan fingerprint density at radius 1 is 1.22 bits per heavy atom. The second kappa shape index (κ2) is 4.91. The highest BCUT2D eigenvalue weighted by Gasteiger charge is 2.36. The molecule has 3 heteroatoms. The van der Waals surface area contributed by atoms with Crippen LogP contribution in [-0.2, 0) is 16.8 Å². The van der Waals surface area contributed by atoms with Crippen LogP contribution in [-0.4, -0.2) is 11.8 Å². The van der Waals surface area contributed by atoms with Crippen molar-refractivity contribution in [2.75, 3.05) is 5.75 Å². The molecule has 0 aromatic heterocycles. The third-order valence-electron chi connectivity index (χ3n) is 4.14. The summed E-state index contributed by atoms with van der Waals surface area (Å²) in [4.78, 5) is 16.3. The van der Waals surface area contributed by atoms with Crippen LogP contribution in [0, 0.1) is 0 Å². The van der Waals surface area contributed by atoms with Crippen LogP contribution in [0.1, 0.15) is 43.2 Å². The lowest BCUT2D eigenvalue weighted by atomic mass is 9.87. The molecule has 2 aliphatic rings. The summed E-state index contributed by atoms with van der Waals surface area (Å²) >= 11 is 1.94. The van der Waals surface area contributed by atoms with Crippen LogP contribution in [0.15, 0.2) is 28.1 Å². The quantitative estimate of drug-likeness (QED) is 0.596. The van der Waals surface area contributed by atoms with Gasteiger partial charge in [0.2, 0.25) is 6.08 Å². The van der Waals surface area contributed by atoms with E-state index in [1.807, 2.05) is 11.8 Å². The Balaban J connectivity index is 2.02. The van der Waals surface area contributed by atoms with Gasteiger partial charge in [-0.15, -0.1) is 11.8 Å². The predicted octanol–water partition coefficient (Wildman–Crippen LogP) is 3.83. The Labute approximate surface area is 112 Å². The van der Waals surface area contributed by atoms with Gasteiger partial charge in [0.1, 0.15) is 0 Å². The highest BCUT2D eigenvalue weighted by molar-refractivity contribution is 7.99. The van der Waals surface area contributed by atoms with Gasteiger partial charge < -0.3 is 0 Å². The minimum atomic E-state index is -0.265. The fourth-order valence-electron chi connectivity index (χ4n) is 3.16. The zero-order valence-corrected chi connectivity index (χ0v) is 11.3. The van der Waals surface area contributed by atoms with Gasteiger partial charge in [0.15, 0.2) is 0 Å². The van der Waals surface area contributed by atoms with Gasteiger partial charge in [0, 0.05) is 4.90 Å². The number of hydrogen-bond acceptors (Lipinski definition) is 3. The number of rotatable bonds is 2. The average molecular weight is 259 g/mol. The largest absolute Gasteiger partial charge is 0.235 e. The fourth-order valence-corrected chi connectivity index (χ4v) is 4.18. The molecule has 1 aliphatic carbocycles. The maximum atomic E-state index is 10.7. The van der Waals surface area contributed by atoms with E-state index >= 15 is 0 Å². The molecule has 1 heterocycles. The van der Waals surface area contributed by atoms with Crippen molar-refractivity contribution in [2.24, 2.45) is 4.99 Å². The third-order valence-corrected chi connectivity index (χ3v) is 5.34. The van der Waals surface area contributed by atoms with E-state index in [1.165, 1.54) is 28.2 Å². The molecule has 1 fully saturated rings. The van der Waals surface area contributed by atoms with Crippen molar-refractivity contribution in [3.63, 3.8) is 0 Å². The van der Waals surface area contributed by atoms with Crippen LogP contribution in [0.25, 0.3) is 0 Å². The number of nitrogens with zero attached hydrogens (tertiary/aromatic N) is 1. The van der Waals surface area contributed by atoms with Gasteiger partial charge in [-0.2, -0.15) is 4.99 Å². The number of benzene rings is 1. The highest BCUT2D eigenvalue weighted by atomic mass is 32.2. The summed E-state index contributed by atoms with van der Waals surface area (Å²) in [7, 11) is 0. The molecule has 0 N–H and O–H groups in total. The first-order valence-electron chi connectivity index (χ1n) is 6.69. The molecule has 0 unspecified atom stereocenters. The summed E-state index contributed by atoms with van der Waals surface area (Å²) in [6, 6.07) is 6.67. The maximum Gasteiger partial charge on any atom is 0.235 e. The highest BCUT2D eigenvalue weighted by Crippen LogP contribution is 2.43. The molecule has 0 saturated heterocycles. The molecule has 1 aromatic rings. The van der Waals surface area contributed by atoms with Gasteiger partial charge >= 0.3 is 0 Å². The third kappa shape index (κ3) is 2.02. The number of fused-ring (bicyclic) bond motifs is 1. The van der Waals surface area contributed by atoms with Gasteiger partial charge in [-0.05, 0) is 48.6 Å². The van der Waals surface area contributed by atoms with E-state index in [2.05, 4.69) is 23.2 Å². The standard InChI is InChI=1S/C15H17NOS/c17-11-16-15(7-1-2-8-15)13-5-6-14-12(10-13)4-3-9-18-14/h5-6,10H,1-4,7-9H2. The van der Waals surface area contributed by atoms with Crippen LogP contribution in [0.3, 0.4) is 0 Å². The minimum Gasteiger partial charge on any atom is -0.211 e. The lowest BCUT2D eigenvalue weighted by Crippen LogP contribution is -2.19. The molecular weight excluding hydrogens is 242 g/mol. The van der Waals surface area contributed by atoms with Crippen LogP contribution < -0.4 is 0 Å². The summed E-state index contributed by atoms with van der Waals surface area (Å²) in [5, 5.41) is 0. The van der Waals surface area contributed by atoms with Crippen molar-refractivity contribution in [3.8, 4) is 0 Å². The van der Waals surface area contributed by atoms with Gasteiger partial charge in [-0.25, -0.2) is 4.79 Å². The molecule has 18 heavy (non-hydrogen) atoms. The van der Waals surface area contributed by atoms with Gasteiger partial charge in [-0.3, -0.25) is 0 Å². The zero-order chi connectivity index (χ0) is 12.4. The molecule has 0 amide bonds. The number of hydrogen-bond donors (Lipinski definition) is 0. The molecule has 0 bridgehead atoms. The number of carbonyl (C=O) groups excluding carboxylic acids is 1. The first-order chi connectivity index (χ1) is 8.84. The number of aryl methyl sites for hydroxylation is 1. The molecule has 0 spiro atoms. The van der Waals surface area contributed by atoms with E-state index in [-0.39, 0.29) is 5.54 Å². The lowest BCUT2D eigenvalue weighted by molar-refractivity contribution is 0.455. The Morgan fingerprint density at radius 2 is 2.06 bits per heavy atom. The van der Waals surface area contributed by atoms with E-state index < -0.39 is 0 Å². The molecule has 1 aliphatic heterocycles. The summed E-state index contributed by atoms with van der Waals surface area (Å²) < 4.78 is 0. The van der Waals surface area contributed by atoms with Crippen molar-refractivity contribution in [2.45, 2.75) is 49.0 Å². The van der Waals surface area contributed by atoms with E-state index in [4.69, 9.17) is 0 Å². The molecule has 1 aromatic carbocycles. The summed E-state index contributed by atoms with van der Waals surface area (Å²) in [5.74, 6) is 1.23. The number of thioether (sulfide) groups is 1. The zero-order valence-electron chi connectivity index (χ0n) is 10.4. The Morgan fingerprint density at radius 3 is 2.83 bits per heavy atom. The van der Waals surface area contributed by atoms with E-state index in [0.717, 1.165) is 32.1 Å². The lowest BCUT2D eigenvalue weighted by Gasteiger charge is -2.25. The first-order valence-corrected chi connectivity index (χ1v) is 7.68. The molecule has 1 saturated carbocycles. The first kappa shape index (κ1) is 12.0. The van der Waals surface area contributed by atoms with Gasteiger partial charge in [0.25, 0.3) is 0 Å². The van der Waals surface area contributed by atoms with Crippen molar-refractivity contribution < 1.29 is 4.79 Å². The molecule has 94 valence electrons. The number of aliphatic imine (C=N–C) groups is 1. The average Bonchev–Trinajstić information content (AvgIpc) is 2.88. The van der Waals surface area contributed by atoms with Crippen LogP contribution in [0.5, 0.6) is 0 Å². The summed E-state index contributed by atoms with van der Waals surface area (Å²) in [5.41, 5.74) is 2.40. The minimum absolute atomic E-state index is 0.265. The topological polar surface area (TPSA) is 29.4 Å². The van der Waals surface area contributed by atoms with Crippen molar-refractivity contribution in [1.29, 1.82) is 0 Å². The Bertz CT molecular complexity index is 499. The second-order valence-corrected chi connectivity index (χ2v) is 6.35. The van der Waals surface area contributed by atoms with Gasteiger partial charge in [0.05, 0.1) is 5.54 Å². The van der Waals surface area contributed by atoms with Crippen molar-refractivity contribution >= 4 is 17.8 Å².